The van der Waals surface area contributed by atoms with Gasteiger partial charge in [0.25, 0.3) is 17.7 Å². The lowest BCUT2D eigenvalue weighted by Gasteiger charge is -2.36. The minimum Gasteiger partial charge on any atom is -0.481 e. The topological polar surface area (TPSA) is 571 Å². The highest BCUT2D eigenvalue weighted by atomic mass is 16.6. The molecule has 10 unspecified atom stereocenters. The van der Waals surface area contributed by atoms with Crippen LogP contribution in [0.5, 0.6) is 0 Å². The quantitative estimate of drug-likeness (QED) is 0.0346. The zero-order valence-electron chi connectivity index (χ0n) is 71.7. The average molecular weight is 1710 g/mol. The molecule has 41 heteroatoms. The molecule has 0 saturated carbocycles. The van der Waals surface area contributed by atoms with Crippen molar-refractivity contribution < 1.29 is 96.0 Å². The van der Waals surface area contributed by atoms with Crippen LogP contribution in [0.4, 0.5) is 23.1 Å². The summed E-state index contributed by atoms with van der Waals surface area (Å²) in [5, 5.41) is 30.9. The van der Waals surface area contributed by atoms with Crippen molar-refractivity contribution in [3.05, 3.63) is 86.3 Å². The summed E-state index contributed by atoms with van der Waals surface area (Å²) in [7, 11) is 7.40. The number of aryl methyl sites for hydroxylation is 1. The Balaban J connectivity index is 0.000000432. The zero-order valence-corrected chi connectivity index (χ0v) is 71.7. The van der Waals surface area contributed by atoms with Gasteiger partial charge in [-0.3, -0.25) is 62.3 Å². The van der Waals surface area contributed by atoms with E-state index < -0.39 is 215 Å². The van der Waals surface area contributed by atoms with Crippen LogP contribution in [0.1, 0.15) is 156 Å². The predicted molar refractivity (Wildman–Crippen MR) is 444 cm³/mol. The largest absolute Gasteiger partial charge is 0.481 e. The van der Waals surface area contributed by atoms with Crippen LogP contribution < -0.4 is 54.1 Å². The number of carbonyl (C=O) groups excluding carboxylic acids is 13. The number of benzene rings is 3. The molecule has 5 aliphatic heterocycles. The van der Waals surface area contributed by atoms with Crippen molar-refractivity contribution in [2.24, 2.45) is 23.7 Å². The second-order valence-corrected chi connectivity index (χ2v) is 32.7. The summed E-state index contributed by atoms with van der Waals surface area (Å²) >= 11 is 0. The van der Waals surface area contributed by atoms with Crippen LogP contribution in [-0.2, 0) is 73.6 Å². The molecule has 10 rings (SSSR count). The molecule has 2 aromatic heterocycles. The molecule has 0 radical (unpaired) electrons. The molecule has 4 saturated heterocycles. The second-order valence-electron chi connectivity index (χ2n) is 32.7. The fraction of sp³-hybridized carbons (Fsp3) is 0.524. The number of nitrogens with two attached hydrogens (primary N) is 3. The molecular formula is C82H108N20O21. The first kappa shape index (κ1) is 93.6. The number of aliphatic carboxylic acids is 2. The predicted octanol–water partition coefficient (Wildman–Crippen LogP) is 0.994. The summed E-state index contributed by atoms with van der Waals surface area (Å²) in [4.78, 5) is 252. The van der Waals surface area contributed by atoms with E-state index in [9.17, 15) is 72.2 Å². The number of carbonyl (C=O) groups is 15. The van der Waals surface area contributed by atoms with Gasteiger partial charge in [-0.2, -0.15) is 9.97 Å². The fourth-order valence-electron chi connectivity index (χ4n) is 15.3. The molecule has 11 atom stereocenters. The van der Waals surface area contributed by atoms with Gasteiger partial charge in [-0.05, 0) is 119 Å². The third kappa shape index (κ3) is 20.8. The van der Waals surface area contributed by atoms with Gasteiger partial charge in [0.1, 0.15) is 77.8 Å². The number of aromatic nitrogens is 5. The van der Waals surface area contributed by atoms with E-state index in [0.29, 0.717) is 41.8 Å². The average Bonchev–Trinajstić information content (AvgIpc) is 1.30. The van der Waals surface area contributed by atoms with E-state index in [2.05, 4.69) is 46.5 Å². The van der Waals surface area contributed by atoms with Crippen molar-refractivity contribution in [2.75, 3.05) is 83.5 Å². The van der Waals surface area contributed by atoms with Gasteiger partial charge in [0.15, 0.2) is 28.3 Å². The van der Waals surface area contributed by atoms with Crippen LogP contribution in [0.3, 0.4) is 0 Å². The molecule has 123 heavy (non-hydrogen) atoms. The smallest absolute Gasteiger partial charge is 0.329 e. The molecule has 2 aromatic carbocycles. The van der Waals surface area contributed by atoms with Gasteiger partial charge in [-0.15, -0.1) is 0 Å². The van der Waals surface area contributed by atoms with E-state index in [0.717, 1.165) is 15.5 Å². The SMILES string of the molecule is CN(Cc1cnc2nc(N)nc(N)c2n1)c1ccc(C(=O)N[C@H](CCC(=O)O)C(=O)O)cc1.Cc1c2oc3c(C)ccc(C(=O)NC4C(=O)NC(C(C)C)C(=O)N5CCCC5C(=O)N(C)CC(=O)N(C)C(C(C)C)C(=O)OC4C)c3nc-2c(C(=O)NC2C(=O)NC(C(C)C)C(=O)N3CCCC3C(=O)N(C)CC(=O)N(C)C(C(C)C)C(=O)OC2C)c(N)c1=O. The lowest BCUT2D eigenvalue weighted by molar-refractivity contribution is -0.163. The number of esters is 2. The summed E-state index contributed by atoms with van der Waals surface area (Å²) in [5.74, 6) is -15.3. The molecule has 13 N–H and O–H groups in total. The number of nitrogen functional groups attached to an aromatic ring is 3. The number of nitrogens with zero attached hydrogens (tertiary/aromatic N) is 12. The number of rotatable bonds is 17. The third-order valence-corrected chi connectivity index (χ3v) is 22.2. The maximum Gasteiger partial charge on any atom is 0.329 e. The van der Waals surface area contributed by atoms with Crippen molar-refractivity contribution in [1.82, 2.24) is 80.9 Å². The van der Waals surface area contributed by atoms with Gasteiger partial charge in [-0.25, -0.2) is 29.3 Å². The van der Waals surface area contributed by atoms with Crippen LogP contribution in [0.15, 0.2) is 51.8 Å². The van der Waals surface area contributed by atoms with Crippen LogP contribution in [0.2, 0.25) is 0 Å². The first-order valence-corrected chi connectivity index (χ1v) is 40.3. The van der Waals surface area contributed by atoms with Gasteiger partial charge in [0, 0.05) is 71.6 Å². The number of ether oxygens (including phenoxy) is 2. The lowest BCUT2D eigenvalue weighted by atomic mass is 9.98. The first-order valence-electron chi connectivity index (χ1n) is 40.3. The second kappa shape index (κ2) is 39.1. The Kier molecular flexibility index (Phi) is 29.7. The highest BCUT2D eigenvalue weighted by Gasteiger charge is 2.47. The number of carboxylic acids is 2. The van der Waals surface area contributed by atoms with Gasteiger partial charge in [0.05, 0.1) is 48.3 Å². The van der Waals surface area contributed by atoms with Crippen molar-refractivity contribution in [1.29, 1.82) is 0 Å². The number of nitrogens with one attached hydrogen (secondary N) is 5. The van der Waals surface area contributed by atoms with Crippen LogP contribution >= 0.6 is 0 Å². The Morgan fingerprint density at radius 2 is 1.11 bits per heavy atom. The summed E-state index contributed by atoms with van der Waals surface area (Å²) in [5.41, 5.74) is 17.2. The number of hydrogen-bond donors (Lipinski definition) is 10. The summed E-state index contributed by atoms with van der Waals surface area (Å²) < 4.78 is 18.3. The Labute approximate surface area is 707 Å². The number of hydrogen-bond acceptors (Lipinski definition) is 28. The molecule has 6 aliphatic rings. The molecular weight excluding hydrogens is 1600 g/mol. The van der Waals surface area contributed by atoms with Crippen molar-refractivity contribution in [2.45, 2.75) is 195 Å². The standard InChI is InChI=1S/C62H86N12O16.C20H22N8O5/c1-27(2)42-59(84)73-23-17-19-36(73)57(82)69(13)25-38(75)71(15)48(29(5)6)61(86)88-33(11)44(55(80)65-42)67-53(78)35-22-21-31(9)51-46(35)64-47-40(41(63)50(77)32(10)52(47)90-51)54(79)68-45-34(12)89-62(87)49(30(7)8)72(16)39(76)26-70(14)58(83)37-20-18-24-74(37)60(85)43(28(3)4)66-56(45)81;1-28(9-11-8-23-17-15(24-11)16(21)26-20(22)27-17)12-4-2-10(3-5-12)18(31)25-13(19(32)33)6-7-14(29)30/h21-22,27-30,33-34,36-37,42-45,48-49H,17-20,23-26,63H2,1-16H3,(H,65,80)(H,66,81)(H,67,78)(H,68,79);2-5,8,13H,6-7,9H2,1H3,(H,25,31)(H,29,30)(H,32,33)(H4,21,22,23,26,27)/t;13-/m.1/s1. The molecule has 11 amide bonds. The number of fused-ring (bicyclic) bond motifs is 5. The van der Waals surface area contributed by atoms with Gasteiger partial charge >= 0.3 is 23.9 Å². The Morgan fingerprint density at radius 1 is 0.618 bits per heavy atom. The zero-order chi connectivity index (χ0) is 91.1. The Morgan fingerprint density at radius 3 is 1.59 bits per heavy atom. The van der Waals surface area contributed by atoms with E-state index in [1.54, 1.807) is 80.6 Å². The molecule has 41 nitrogen and oxygen atoms in total. The lowest BCUT2D eigenvalue weighted by Crippen LogP contribution is -2.61. The molecule has 4 fully saturated rings. The van der Waals surface area contributed by atoms with Crippen LogP contribution in [0.25, 0.3) is 33.7 Å². The third-order valence-electron chi connectivity index (χ3n) is 22.2. The van der Waals surface area contributed by atoms with Crippen molar-refractivity contribution >= 4 is 134 Å². The van der Waals surface area contributed by atoms with Crippen LogP contribution in [-0.4, -0.2) is 281 Å². The maximum atomic E-state index is 15.2. The van der Waals surface area contributed by atoms with E-state index >= 15 is 9.59 Å². The Hall–Kier alpha value is -13.3. The molecule has 1 aliphatic carbocycles. The monoisotopic (exact) mass is 1710 g/mol. The normalized spacial score (nSPS) is 22.3. The number of cyclic esters (lactones) is 2. The van der Waals surface area contributed by atoms with Gasteiger partial charge in [0.2, 0.25) is 58.6 Å². The van der Waals surface area contributed by atoms with Crippen LogP contribution in [0, 0.1) is 37.5 Å². The van der Waals surface area contributed by atoms with Gasteiger partial charge in [-0.1, -0.05) is 61.5 Å². The minimum atomic E-state index is -1.88. The summed E-state index contributed by atoms with van der Waals surface area (Å²) in [6.45, 7) is 18.7. The highest BCUT2D eigenvalue weighted by Crippen LogP contribution is 2.36. The van der Waals surface area contributed by atoms with E-state index in [-0.39, 0.29) is 84.1 Å². The number of carboxylic acid groups (broad SMARTS) is 2. The highest BCUT2D eigenvalue weighted by molar-refractivity contribution is 6.11. The van der Waals surface area contributed by atoms with Crippen molar-refractivity contribution in [3.63, 3.8) is 0 Å². The number of likely N-dealkylation sites (N-methyl/N-ethyl adjacent to an activating group) is 4. The summed E-state index contributed by atoms with van der Waals surface area (Å²) in [6.07, 6.45) is -0.687. The molecule has 662 valence electrons. The van der Waals surface area contributed by atoms with E-state index in [1.807, 2.05) is 11.9 Å². The molecule has 0 bridgehead atoms. The van der Waals surface area contributed by atoms with E-state index in [4.69, 9.17) is 41.2 Å². The molecule has 4 aromatic rings. The fourth-order valence-corrected chi connectivity index (χ4v) is 15.3. The Bertz CT molecular complexity index is 5170. The summed E-state index contributed by atoms with van der Waals surface area (Å²) in [6, 6.07) is -2.74. The molecule has 7 heterocycles. The first-order chi connectivity index (χ1) is 57.7. The van der Waals surface area contributed by atoms with Gasteiger partial charge < -0.3 is 102 Å². The minimum absolute atomic E-state index is 0.0138. The number of anilines is 4. The molecule has 0 spiro atoms. The van der Waals surface area contributed by atoms with E-state index in [1.165, 1.54) is 92.8 Å². The van der Waals surface area contributed by atoms with Crippen molar-refractivity contribution in [3.8, 4) is 11.5 Å². The number of amides is 11. The maximum absolute atomic E-state index is 15.2.